The van der Waals surface area contributed by atoms with Crippen molar-refractivity contribution in [2.75, 3.05) is 11.9 Å². The van der Waals surface area contributed by atoms with Crippen LogP contribution in [0.3, 0.4) is 0 Å². The van der Waals surface area contributed by atoms with Crippen LogP contribution in [0, 0.1) is 0 Å². The average Bonchev–Trinajstić information content (AvgIpc) is 3.28. The molecule has 2 N–H and O–H groups in total. The lowest BCUT2D eigenvalue weighted by Crippen LogP contribution is -2.45. The van der Waals surface area contributed by atoms with Crippen molar-refractivity contribution in [1.82, 2.24) is 20.1 Å². The maximum Gasteiger partial charge on any atom is 0.314 e. The van der Waals surface area contributed by atoms with Gasteiger partial charge in [0, 0.05) is 31.3 Å². The standard InChI is InChI=1S/C17H21N5O3/c1-12(14-3-2-10-25-14)19-16(23)17(24)20-15-6-9-22(21-15)11-13-4-7-18-8-5-13/h4-9,12,14H,2-3,10-11H2,1H3,(H,19,23)(H,20,21,24)/t12-,14+/m1/s1. The summed E-state index contributed by atoms with van der Waals surface area (Å²) in [5.74, 6) is -1.09. The number of hydrogen-bond donors (Lipinski definition) is 2. The van der Waals surface area contributed by atoms with Gasteiger partial charge in [-0.1, -0.05) is 0 Å². The minimum atomic E-state index is -0.737. The molecule has 0 aliphatic carbocycles. The van der Waals surface area contributed by atoms with Crippen LogP contribution in [0.2, 0.25) is 0 Å². The summed E-state index contributed by atoms with van der Waals surface area (Å²) in [6.07, 6.45) is 7.00. The van der Waals surface area contributed by atoms with Gasteiger partial charge in [-0.15, -0.1) is 0 Å². The molecular formula is C17H21N5O3. The maximum absolute atomic E-state index is 12.0. The van der Waals surface area contributed by atoms with E-state index < -0.39 is 11.8 Å². The van der Waals surface area contributed by atoms with Gasteiger partial charge in [0.25, 0.3) is 0 Å². The van der Waals surface area contributed by atoms with Gasteiger partial charge in [-0.05, 0) is 37.5 Å². The van der Waals surface area contributed by atoms with Crippen LogP contribution in [-0.2, 0) is 20.9 Å². The van der Waals surface area contributed by atoms with Gasteiger partial charge in [0.1, 0.15) is 0 Å². The summed E-state index contributed by atoms with van der Waals surface area (Å²) >= 11 is 0. The van der Waals surface area contributed by atoms with Crippen LogP contribution < -0.4 is 10.6 Å². The highest BCUT2D eigenvalue weighted by Gasteiger charge is 2.26. The topological polar surface area (TPSA) is 98.1 Å². The van der Waals surface area contributed by atoms with Crippen molar-refractivity contribution in [3.8, 4) is 0 Å². The Bertz CT molecular complexity index is 725. The zero-order valence-corrected chi connectivity index (χ0v) is 14.0. The Hall–Kier alpha value is -2.74. The van der Waals surface area contributed by atoms with E-state index in [1.807, 2.05) is 19.1 Å². The summed E-state index contributed by atoms with van der Waals surface area (Å²) < 4.78 is 7.19. The van der Waals surface area contributed by atoms with E-state index in [2.05, 4.69) is 20.7 Å². The molecule has 8 nitrogen and oxygen atoms in total. The van der Waals surface area contributed by atoms with Crippen LogP contribution in [0.25, 0.3) is 0 Å². The zero-order valence-electron chi connectivity index (χ0n) is 14.0. The number of rotatable bonds is 5. The fourth-order valence-electron chi connectivity index (χ4n) is 2.73. The molecule has 1 saturated heterocycles. The summed E-state index contributed by atoms with van der Waals surface area (Å²) in [6.45, 7) is 3.09. The molecule has 3 heterocycles. The molecular weight excluding hydrogens is 322 g/mol. The van der Waals surface area contributed by atoms with Gasteiger partial charge < -0.3 is 15.4 Å². The second kappa shape index (κ2) is 7.89. The highest BCUT2D eigenvalue weighted by atomic mass is 16.5. The molecule has 132 valence electrons. The number of pyridine rings is 1. The molecule has 1 fully saturated rings. The molecule has 3 rings (SSSR count). The molecule has 8 heteroatoms. The highest BCUT2D eigenvalue weighted by molar-refractivity contribution is 6.39. The first-order chi connectivity index (χ1) is 12.1. The maximum atomic E-state index is 12.0. The third-order valence-electron chi connectivity index (χ3n) is 4.06. The first-order valence-electron chi connectivity index (χ1n) is 8.27. The number of ether oxygens (including phenoxy) is 1. The summed E-state index contributed by atoms with van der Waals surface area (Å²) in [4.78, 5) is 28.0. The van der Waals surface area contributed by atoms with Gasteiger partial charge >= 0.3 is 11.8 Å². The van der Waals surface area contributed by atoms with Crippen LogP contribution in [0.4, 0.5) is 5.82 Å². The second-order valence-corrected chi connectivity index (χ2v) is 6.02. The lowest BCUT2D eigenvalue weighted by Gasteiger charge is -2.19. The fraction of sp³-hybridized carbons (Fsp3) is 0.412. The number of nitrogens with zero attached hydrogens (tertiary/aromatic N) is 3. The van der Waals surface area contributed by atoms with Gasteiger partial charge in [-0.25, -0.2) is 0 Å². The zero-order chi connectivity index (χ0) is 17.6. The molecule has 1 aliphatic heterocycles. The Morgan fingerprint density at radius 2 is 2.12 bits per heavy atom. The molecule has 1 aliphatic rings. The Morgan fingerprint density at radius 1 is 1.32 bits per heavy atom. The third-order valence-corrected chi connectivity index (χ3v) is 4.06. The molecule has 0 bridgehead atoms. The number of aromatic nitrogens is 3. The smallest absolute Gasteiger partial charge is 0.314 e. The molecule has 2 aromatic rings. The largest absolute Gasteiger partial charge is 0.376 e. The first-order valence-corrected chi connectivity index (χ1v) is 8.27. The van der Waals surface area contributed by atoms with Crippen molar-refractivity contribution in [2.24, 2.45) is 0 Å². The summed E-state index contributed by atoms with van der Waals surface area (Å²) in [5, 5.41) is 9.42. The quantitative estimate of drug-likeness (QED) is 0.788. The predicted octanol–water partition coefficient (Wildman–Crippen LogP) is 0.949. The summed E-state index contributed by atoms with van der Waals surface area (Å²) in [6, 6.07) is 5.22. The Morgan fingerprint density at radius 3 is 2.84 bits per heavy atom. The van der Waals surface area contributed by atoms with Crippen LogP contribution in [0.5, 0.6) is 0 Å². The van der Waals surface area contributed by atoms with E-state index in [0.717, 1.165) is 18.4 Å². The summed E-state index contributed by atoms with van der Waals surface area (Å²) in [5.41, 5.74) is 1.04. The summed E-state index contributed by atoms with van der Waals surface area (Å²) in [7, 11) is 0. The Kier molecular flexibility index (Phi) is 5.39. The van der Waals surface area contributed by atoms with Crippen LogP contribution in [0.15, 0.2) is 36.8 Å². The van der Waals surface area contributed by atoms with Crippen LogP contribution in [0.1, 0.15) is 25.3 Å². The van der Waals surface area contributed by atoms with Crippen molar-refractivity contribution < 1.29 is 14.3 Å². The van der Waals surface area contributed by atoms with E-state index >= 15 is 0 Å². The number of nitrogens with one attached hydrogen (secondary N) is 2. The van der Waals surface area contributed by atoms with Gasteiger partial charge in [-0.2, -0.15) is 5.10 Å². The number of carbonyl (C=O) groups excluding carboxylic acids is 2. The van der Waals surface area contributed by atoms with Crippen molar-refractivity contribution in [3.05, 3.63) is 42.4 Å². The second-order valence-electron chi connectivity index (χ2n) is 6.02. The van der Waals surface area contributed by atoms with Crippen molar-refractivity contribution in [2.45, 2.75) is 38.5 Å². The molecule has 2 aromatic heterocycles. The fourth-order valence-corrected chi connectivity index (χ4v) is 2.73. The van der Waals surface area contributed by atoms with Crippen LogP contribution in [-0.4, -0.2) is 45.3 Å². The van der Waals surface area contributed by atoms with E-state index in [1.54, 1.807) is 29.3 Å². The molecule has 0 aromatic carbocycles. The molecule has 0 radical (unpaired) electrons. The molecule has 2 atom stereocenters. The third kappa shape index (κ3) is 4.63. The minimum absolute atomic E-state index is 0.0312. The molecule has 0 saturated carbocycles. The van der Waals surface area contributed by atoms with E-state index in [-0.39, 0.29) is 12.1 Å². The van der Waals surface area contributed by atoms with Gasteiger partial charge in [-0.3, -0.25) is 19.3 Å². The number of carbonyl (C=O) groups is 2. The van der Waals surface area contributed by atoms with Gasteiger partial charge in [0.15, 0.2) is 5.82 Å². The Labute approximate surface area is 145 Å². The lowest BCUT2D eigenvalue weighted by molar-refractivity contribution is -0.137. The Balaban J connectivity index is 1.51. The molecule has 25 heavy (non-hydrogen) atoms. The molecule has 0 spiro atoms. The van der Waals surface area contributed by atoms with E-state index in [1.165, 1.54) is 0 Å². The first kappa shape index (κ1) is 17.1. The van der Waals surface area contributed by atoms with E-state index in [4.69, 9.17) is 4.74 Å². The normalized spacial score (nSPS) is 17.9. The molecule has 0 unspecified atom stereocenters. The van der Waals surface area contributed by atoms with E-state index in [9.17, 15) is 9.59 Å². The monoisotopic (exact) mass is 343 g/mol. The highest BCUT2D eigenvalue weighted by Crippen LogP contribution is 2.15. The van der Waals surface area contributed by atoms with Crippen LogP contribution >= 0.6 is 0 Å². The van der Waals surface area contributed by atoms with Gasteiger partial charge in [0.2, 0.25) is 0 Å². The minimum Gasteiger partial charge on any atom is -0.376 e. The van der Waals surface area contributed by atoms with Crippen molar-refractivity contribution in [1.29, 1.82) is 0 Å². The SMILES string of the molecule is C[C@@H](NC(=O)C(=O)Nc1ccn(Cc2ccncc2)n1)[C@@H]1CCCO1. The van der Waals surface area contributed by atoms with Crippen molar-refractivity contribution >= 4 is 17.6 Å². The molecule has 2 amide bonds. The predicted molar refractivity (Wildman–Crippen MR) is 90.8 cm³/mol. The lowest BCUT2D eigenvalue weighted by atomic mass is 10.1. The van der Waals surface area contributed by atoms with E-state index in [0.29, 0.717) is 19.0 Å². The number of anilines is 1. The average molecular weight is 343 g/mol. The number of amides is 2. The van der Waals surface area contributed by atoms with Crippen molar-refractivity contribution in [3.63, 3.8) is 0 Å². The number of hydrogen-bond acceptors (Lipinski definition) is 5. The van der Waals surface area contributed by atoms with Gasteiger partial charge in [0.05, 0.1) is 18.7 Å².